The molecule has 1 heterocycles. The Bertz CT molecular complexity index is 973. The van der Waals surface area contributed by atoms with Gasteiger partial charge >= 0.3 is 5.95 Å². The Kier molecular flexibility index (Phi) is 8.34. The number of anilines is 2. The topological polar surface area (TPSA) is 102 Å². The highest BCUT2D eigenvalue weighted by Crippen LogP contribution is 2.25. The molecule has 0 saturated carbocycles. The van der Waals surface area contributed by atoms with Crippen molar-refractivity contribution in [3.63, 3.8) is 0 Å². The highest BCUT2D eigenvalue weighted by atomic mass is 35.5. The third-order valence-electron chi connectivity index (χ3n) is 4.79. The van der Waals surface area contributed by atoms with E-state index in [1.807, 2.05) is 17.0 Å². The number of aromatic nitrogens is 2. The van der Waals surface area contributed by atoms with E-state index in [0.717, 1.165) is 5.69 Å². The Morgan fingerprint density at radius 1 is 1.13 bits per heavy atom. The van der Waals surface area contributed by atoms with Crippen LogP contribution in [0.2, 0.25) is 0 Å². The van der Waals surface area contributed by atoms with E-state index in [2.05, 4.69) is 4.98 Å². The molecule has 0 aliphatic rings. The van der Waals surface area contributed by atoms with Gasteiger partial charge in [0.2, 0.25) is 10.0 Å². The second kappa shape index (κ2) is 10.3. The molecule has 2 aromatic rings. The lowest BCUT2D eigenvalue weighted by atomic mass is 10.2. The summed E-state index contributed by atoms with van der Waals surface area (Å²) in [7, 11) is -0.888. The SMILES string of the molecule is CCc1nc([N+](=O)[O-])n(C)c1CS(=O)(=O)N(C)c1ccc(N(CCCl)CCCl)cc1. The fourth-order valence-electron chi connectivity index (χ4n) is 3.08. The summed E-state index contributed by atoms with van der Waals surface area (Å²) in [5, 5.41) is 11.1. The lowest BCUT2D eigenvalue weighted by Gasteiger charge is -2.24. The van der Waals surface area contributed by atoms with Crippen molar-refractivity contribution in [1.82, 2.24) is 9.55 Å². The summed E-state index contributed by atoms with van der Waals surface area (Å²) in [6.45, 7) is 3.03. The van der Waals surface area contributed by atoms with Gasteiger partial charge in [0.25, 0.3) is 0 Å². The number of hydrogen-bond donors (Lipinski definition) is 0. The molecule has 2 rings (SSSR count). The molecule has 0 unspecified atom stereocenters. The van der Waals surface area contributed by atoms with Crippen LogP contribution in [0.3, 0.4) is 0 Å². The number of aryl methyl sites for hydroxylation is 1. The van der Waals surface area contributed by atoms with Gasteiger partial charge in [-0.2, -0.15) is 0 Å². The number of rotatable bonds is 11. The molecule has 9 nitrogen and oxygen atoms in total. The van der Waals surface area contributed by atoms with E-state index in [1.54, 1.807) is 19.1 Å². The average Bonchev–Trinajstić information content (AvgIpc) is 3.02. The quantitative estimate of drug-likeness (QED) is 0.279. The lowest BCUT2D eigenvalue weighted by molar-refractivity contribution is -0.396. The Labute approximate surface area is 186 Å². The molecule has 1 aromatic heterocycles. The van der Waals surface area contributed by atoms with E-state index in [4.69, 9.17) is 23.2 Å². The van der Waals surface area contributed by atoms with Gasteiger partial charge in [0, 0.05) is 44.0 Å². The second-order valence-electron chi connectivity index (χ2n) is 6.58. The smallest absolute Gasteiger partial charge is 0.390 e. The molecule has 0 radical (unpaired) electrons. The van der Waals surface area contributed by atoms with Gasteiger partial charge in [0.15, 0.2) is 5.69 Å². The van der Waals surface area contributed by atoms with E-state index in [9.17, 15) is 18.5 Å². The zero-order chi connectivity index (χ0) is 22.5. The summed E-state index contributed by atoms with van der Waals surface area (Å²) >= 11 is 11.7. The first-order chi connectivity index (χ1) is 14.2. The van der Waals surface area contributed by atoms with E-state index < -0.39 is 20.7 Å². The number of sulfonamides is 1. The third kappa shape index (κ3) is 5.35. The first-order valence-electron chi connectivity index (χ1n) is 9.28. The molecule has 0 fully saturated rings. The van der Waals surface area contributed by atoms with Crippen LogP contribution in [0.4, 0.5) is 17.3 Å². The number of hydrogen-bond acceptors (Lipinski definition) is 6. The average molecular weight is 478 g/mol. The van der Waals surface area contributed by atoms with Gasteiger partial charge in [0.05, 0.1) is 12.7 Å². The molecule has 0 aliphatic heterocycles. The molecule has 0 saturated heterocycles. The van der Waals surface area contributed by atoms with Gasteiger partial charge in [-0.1, -0.05) is 11.9 Å². The highest BCUT2D eigenvalue weighted by molar-refractivity contribution is 7.92. The van der Waals surface area contributed by atoms with E-state index in [0.29, 0.717) is 48.3 Å². The van der Waals surface area contributed by atoms with Gasteiger partial charge in [-0.25, -0.2) is 13.0 Å². The van der Waals surface area contributed by atoms with Crippen LogP contribution in [0.1, 0.15) is 18.3 Å². The predicted octanol–water partition coefficient (Wildman–Crippen LogP) is 3.14. The van der Waals surface area contributed by atoms with Gasteiger partial charge in [-0.3, -0.25) is 4.31 Å². The summed E-state index contributed by atoms with van der Waals surface area (Å²) in [4.78, 5) is 16.5. The molecule has 0 spiro atoms. The summed E-state index contributed by atoms with van der Waals surface area (Å²) < 4.78 is 28.4. The van der Waals surface area contributed by atoms with E-state index in [-0.39, 0.29) is 5.95 Å². The van der Waals surface area contributed by atoms with Crippen molar-refractivity contribution in [2.75, 3.05) is 41.1 Å². The van der Waals surface area contributed by atoms with Gasteiger partial charge in [-0.05, 0) is 29.2 Å². The number of nitrogens with zero attached hydrogens (tertiary/aromatic N) is 5. The maximum atomic E-state index is 13.0. The van der Waals surface area contributed by atoms with Gasteiger partial charge in [0.1, 0.15) is 11.4 Å². The van der Waals surface area contributed by atoms with Crippen LogP contribution in [-0.2, 0) is 29.2 Å². The van der Waals surface area contributed by atoms with Crippen LogP contribution in [0.25, 0.3) is 0 Å². The maximum absolute atomic E-state index is 13.0. The molecule has 0 bridgehead atoms. The van der Waals surface area contributed by atoms with Crippen molar-refractivity contribution in [1.29, 1.82) is 0 Å². The van der Waals surface area contributed by atoms with Crippen LogP contribution in [0.5, 0.6) is 0 Å². The van der Waals surface area contributed by atoms with Crippen molar-refractivity contribution >= 4 is 50.5 Å². The molecule has 1 aromatic carbocycles. The molecule has 30 heavy (non-hydrogen) atoms. The first kappa shape index (κ1) is 24.2. The Morgan fingerprint density at radius 3 is 2.13 bits per heavy atom. The molecule has 0 aliphatic carbocycles. The van der Waals surface area contributed by atoms with Crippen molar-refractivity contribution in [2.45, 2.75) is 19.1 Å². The van der Waals surface area contributed by atoms with Gasteiger partial charge < -0.3 is 15.0 Å². The Balaban J connectivity index is 2.28. The van der Waals surface area contributed by atoms with Crippen LogP contribution < -0.4 is 9.21 Å². The Morgan fingerprint density at radius 2 is 1.67 bits per heavy atom. The lowest BCUT2D eigenvalue weighted by Crippen LogP contribution is -2.29. The summed E-state index contributed by atoms with van der Waals surface area (Å²) in [6.07, 6.45) is 0.391. The third-order valence-corrected chi connectivity index (χ3v) is 6.82. The monoisotopic (exact) mass is 477 g/mol. The van der Waals surface area contributed by atoms with Gasteiger partial charge in [-0.15, -0.1) is 23.2 Å². The second-order valence-corrected chi connectivity index (χ2v) is 9.34. The molecular weight excluding hydrogens is 453 g/mol. The summed E-state index contributed by atoms with van der Waals surface area (Å²) in [5.74, 6) is 0.131. The van der Waals surface area contributed by atoms with Crippen molar-refractivity contribution < 1.29 is 13.3 Å². The summed E-state index contributed by atoms with van der Waals surface area (Å²) in [6, 6.07) is 7.03. The van der Waals surface area contributed by atoms with Crippen LogP contribution in [0.15, 0.2) is 24.3 Å². The fraction of sp³-hybridized carbons (Fsp3) is 0.500. The number of halogens is 2. The number of imidazole rings is 1. The normalized spacial score (nSPS) is 11.5. The zero-order valence-corrected chi connectivity index (χ0v) is 19.4. The van der Waals surface area contributed by atoms with Crippen LogP contribution in [0, 0.1) is 10.1 Å². The highest BCUT2D eigenvalue weighted by Gasteiger charge is 2.30. The minimum atomic E-state index is -3.79. The molecular formula is C18H25Cl2N5O4S. The standard InChI is InChI=1S/C18H25Cl2N5O4S/c1-4-16-17(22(2)18(21-16)25(26)27)13-30(28,29)23(3)14-5-7-15(8-6-14)24(11-9-19)12-10-20/h5-8H,4,9-13H2,1-3H3. The maximum Gasteiger partial charge on any atom is 0.434 e. The number of benzene rings is 1. The zero-order valence-electron chi connectivity index (χ0n) is 17.1. The van der Waals surface area contributed by atoms with Crippen LogP contribution >= 0.6 is 23.2 Å². The molecule has 0 atom stereocenters. The van der Waals surface area contributed by atoms with Crippen molar-refractivity contribution in [2.24, 2.45) is 7.05 Å². The van der Waals surface area contributed by atoms with Crippen LogP contribution in [-0.4, -0.2) is 54.8 Å². The minimum absolute atomic E-state index is 0.308. The Hall–Kier alpha value is -2.04. The molecule has 12 heteroatoms. The number of alkyl halides is 2. The molecule has 0 amide bonds. The summed E-state index contributed by atoms with van der Waals surface area (Å²) in [5.41, 5.74) is 2.07. The van der Waals surface area contributed by atoms with E-state index in [1.165, 1.54) is 23.0 Å². The molecule has 166 valence electrons. The number of nitro groups is 1. The fourth-order valence-corrected chi connectivity index (χ4v) is 4.83. The largest absolute Gasteiger partial charge is 0.434 e. The van der Waals surface area contributed by atoms with E-state index >= 15 is 0 Å². The van der Waals surface area contributed by atoms with Crippen molar-refractivity contribution in [3.8, 4) is 0 Å². The first-order valence-corrected chi connectivity index (χ1v) is 12.0. The minimum Gasteiger partial charge on any atom is -0.390 e. The predicted molar refractivity (Wildman–Crippen MR) is 120 cm³/mol. The molecule has 0 N–H and O–H groups in total. The van der Waals surface area contributed by atoms with Crippen molar-refractivity contribution in [3.05, 3.63) is 45.8 Å².